The molecular weight excluding hydrogens is 268 g/mol. The van der Waals surface area contributed by atoms with Gasteiger partial charge in [-0.05, 0) is 12.1 Å². The van der Waals surface area contributed by atoms with Gasteiger partial charge in [0.25, 0.3) is 0 Å². The maximum atomic E-state index is 10.3. The van der Waals surface area contributed by atoms with Crippen molar-refractivity contribution in [1.29, 1.82) is 0 Å². The van der Waals surface area contributed by atoms with Gasteiger partial charge in [-0.1, -0.05) is 30.3 Å². The average Bonchev–Trinajstić information content (AvgIpc) is 2.54. The molecule has 2 aromatic carbocycles. The standard InChI is InChI=1S/C17H18O4/c1-19-15-9-5-7-12(17(15)20-2)16-10-13(18)11-6-3-4-8-14(11)21-16/h3-9,13,16,18H,10H2,1-2H3/t13-,16?/m0/s1. The van der Waals surface area contributed by atoms with Crippen LogP contribution in [0.15, 0.2) is 42.5 Å². The summed E-state index contributed by atoms with van der Waals surface area (Å²) in [5, 5.41) is 10.3. The van der Waals surface area contributed by atoms with Gasteiger partial charge in [-0.2, -0.15) is 0 Å². The van der Waals surface area contributed by atoms with Gasteiger partial charge in [0, 0.05) is 17.5 Å². The molecule has 0 saturated heterocycles. The summed E-state index contributed by atoms with van der Waals surface area (Å²) in [6, 6.07) is 13.2. The van der Waals surface area contributed by atoms with Crippen molar-refractivity contribution < 1.29 is 19.3 Å². The number of rotatable bonds is 3. The highest BCUT2D eigenvalue weighted by Crippen LogP contribution is 2.44. The zero-order chi connectivity index (χ0) is 14.8. The van der Waals surface area contributed by atoms with E-state index >= 15 is 0 Å². The molecule has 21 heavy (non-hydrogen) atoms. The number of hydrogen-bond acceptors (Lipinski definition) is 4. The second-order valence-corrected chi connectivity index (χ2v) is 4.98. The Labute approximate surface area is 123 Å². The van der Waals surface area contributed by atoms with Crippen LogP contribution in [0.1, 0.15) is 29.8 Å². The molecule has 0 spiro atoms. The van der Waals surface area contributed by atoms with Crippen molar-refractivity contribution in [3.05, 3.63) is 53.6 Å². The molecule has 0 saturated carbocycles. The maximum Gasteiger partial charge on any atom is 0.167 e. The van der Waals surface area contributed by atoms with Crippen LogP contribution in [-0.2, 0) is 0 Å². The number of methoxy groups -OCH3 is 2. The molecule has 1 aliphatic rings. The lowest BCUT2D eigenvalue weighted by atomic mass is 9.94. The zero-order valence-electron chi connectivity index (χ0n) is 12.1. The van der Waals surface area contributed by atoms with E-state index in [0.717, 1.165) is 11.1 Å². The average molecular weight is 286 g/mol. The van der Waals surface area contributed by atoms with Gasteiger partial charge in [0.1, 0.15) is 11.9 Å². The summed E-state index contributed by atoms with van der Waals surface area (Å²) in [4.78, 5) is 0. The minimum atomic E-state index is -0.546. The van der Waals surface area contributed by atoms with Gasteiger partial charge in [-0.25, -0.2) is 0 Å². The molecule has 0 bridgehead atoms. The summed E-state index contributed by atoms with van der Waals surface area (Å²) in [7, 11) is 3.21. The van der Waals surface area contributed by atoms with Crippen LogP contribution in [0.5, 0.6) is 17.2 Å². The number of aliphatic hydroxyl groups is 1. The largest absolute Gasteiger partial charge is 0.493 e. The second-order valence-electron chi connectivity index (χ2n) is 4.98. The molecule has 110 valence electrons. The molecule has 4 heteroatoms. The predicted molar refractivity (Wildman–Crippen MR) is 78.9 cm³/mol. The van der Waals surface area contributed by atoms with Gasteiger partial charge in [-0.3, -0.25) is 0 Å². The lowest BCUT2D eigenvalue weighted by molar-refractivity contribution is 0.0643. The van der Waals surface area contributed by atoms with Crippen LogP contribution in [0.3, 0.4) is 0 Å². The van der Waals surface area contributed by atoms with Crippen LogP contribution in [0, 0.1) is 0 Å². The Balaban J connectivity index is 2.00. The SMILES string of the molecule is COc1cccc(C2C[C@H](O)c3ccccc3O2)c1OC. The highest BCUT2D eigenvalue weighted by Gasteiger charge is 2.30. The summed E-state index contributed by atoms with van der Waals surface area (Å²) in [5.41, 5.74) is 1.71. The van der Waals surface area contributed by atoms with E-state index in [1.54, 1.807) is 14.2 Å². The quantitative estimate of drug-likeness (QED) is 0.941. The molecule has 3 rings (SSSR count). The Morgan fingerprint density at radius 1 is 1.00 bits per heavy atom. The van der Waals surface area contributed by atoms with Gasteiger partial charge in [0.05, 0.1) is 20.3 Å². The third-order valence-corrected chi connectivity index (χ3v) is 3.76. The second kappa shape index (κ2) is 5.66. The fourth-order valence-electron chi connectivity index (χ4n) is 2.75. The monoisotopic (exact) mass is 286 g/mol. The highest BCUT2D eigenvalue weighted by atomic mass is 16.5. The lowest BCUT2D eigenvalue weighted by Crippen LogP contribution is -2.19. The topological polar surface area (TPSA) is 47.9 Å². The fraction of sp³-hybridized carbons (Fsp3) is 0.294. The van der Waals surface area contributed by atoms with E-state index in [1.807, 2.05) is 42.5 Å². The van der Waals surface area contributed by atoms with E-state index in [0.29, 0.717) is 23.7 Å². The first-order valence-corrected chi connectivity index (χ1v) is 6.89. The van der Waals surface area contributed by atoms with Gasteiger partial charge < -0.3 is 19.3 Å². The highest BCUT2D eigenvalue weighted by molar-refractivity contribution is 5.49. The smallest absolute Gasteiger partial charge is 0.167 e. The molecule has 0 radical (unpaired) electrons. The molecule has 1 heterocycles. The van der Waals surface area contributed by atoms with Gasteiger partial charge in [0.2, 0.25) is 0 Å². The fourth-order valence-corrected chi connectivity index (χ4v) is 2.75. The van der Waals surface area contributed by atoms with Crippen LogP contribution in [0.2, 0.25) is 0 Å². The number of ether oxygens (including phenoxy) is 3. The third kappa shape index (κ3) is 2.43. The Morgan fingerprint density at radius 3 is 2.52 bits per heavy atom. The van der Waals surface area contributed by atoms with E-state index in [9.17, 15) is 5.11 Å². The van der Waals surface area contributed by atoms with Crippen molar-refractivity contribution >= 4 is 0 Å². The Bertz CT molecular complexity index is 638. The minimum absolute atomic E-state index is 0.264. The normalized spacial score (nSPS) is 20.3. The zero-order valence-corrected chi connectivity index (χ0v) is 12.1. The third-order valence-electron chi connectivity index (χ3n) is 3.76. The number of hydrogen-bond donors (Lipinski definition) is 1. The molecule has 2 atom stereocenters. The van der Waals surface area contributed by atoms with Crippen LogP contribution in [0.4, 0.5) is 0 Å². The summed E-state index contributed by atoms with van der Waals surface area (Å²) in [6.07, 6.45) is -0.323. The summed E-state index contributed by atoms with van der Waals surface area (Å²) >= 11 is 0. The van der Waals surface area contributed by atoms with Crippen LogP contribution >= 0.6 is 0 Å². The first-order valence-electron chi connectivity index (χ1n) is 6.89. The first kappa shape index (κ1) is 13.8. The number of benzene rings is 2. The van der Waals surface area contributed by atoms with Crippen molar-refractivity contribution in [3.63, 3.8) is 0 Å². The Hall–Kier alpha value is -2.20. The van der Waals surface area contributed by atoms with Gasteiger partial charge in [-0.15, -0.1) is 0 Å². The molecule has 2 aromatic rings. The van der Waals surface area contributed by atoms with Gasteiger partial charge in [0.15, 0.2) is 11.5 Å². The Morgan fingerprint density at radius 2 is 1.76 bits per heavy atom. The molecular formula is C17H18O4. The summed E-state index contributed by atoms with van der Waals surface area (Å²) in [5.74, 6) is 2.02. The number of para-hydroxylation sites is 2. The number of aliphatic hydroxyl groups excluding tert-OH is 1. The van der Waals surface area contributed by atoms with Crippen molar-refractivity contribution in [2.24, 2.45) is 0 Å². The van der Waals surface area contributed by atoms with Crippen molar-refractivity contribution in [2.75, 3.05) is 14.2 Å². The molecule has 0 fully saturated rings. The van der Waals surface area contributed by atoms with Crippen molar-refractivity contribution in [2.45, 2.75) is 18.6 Å². The number of fused-ring (bicyclic) bond motifs is 1. The molecule has 0 aliphatic carbocycles. The molecule has 0 amide bonds. The molecule has 0 aromatic heterocycles. The van der Waals surface area contributed by atoms with Crippen LogP contribution < -0.4 is 14.2 Å². The molecule has 1 aliphatic heterocycles. The molecule has 1 unspecified atom stereocenters. The van der Waals surface area contributed by atoms with E-state index in [-0.39, 0.29) is 6.10 Å². The molecule has 4 nitrogen and oxygen atoms in total. The van der Waals surface area contributed by atoms with Crippen LogP contribution in [0.25, 0.3) is 0 Å². The minimum Gasteiger partial charge on any atom is -0.493 e. The van der Waals surface area contributed by atoms with E-state index < -0.39 is 6.10 Å². The van der Waals surface area contributed by atoms with Crippen molar-refractivity contribution in [1.82, 2.24) is 0 Å². The summed E-state index contributed by atoms with van der Waals surface area (Å²) < 4.78 is 16.8. The Kier molecular flexibility index (Phi) is 3.71. The lowest BCUT2D eigenvalue weighted by Gasteiger charge is -2.30. The first-order chi connectivity index (χ1) is 10.2. The van der Waals surface area contributed by atoms with Crippen molar-refractivity contribution in [3.8, 4) is 17.2 Å². The van der Waals surface area contributed by atoms with E-state index in [1.165, 1.54) is 0 Å². The van der Waals surface area contributed by atoms with E-state index in [4.69, 9.17) is 14.2 Å². The maximum absolute atomic E-state index is 10.3. The van der Waals surface area contributed by atoms with Gasteiger partial charge >= 0.3 is 0 Å². The predicted octanol–water partition coefficient (Wildman–Crippen LogP) is 3.26. The van der Waals surface area contributed by atoms with Crippen LogP contribution in [-0.4, -0.2) is 19.3 Å². The molecule has 1 N–H and O–H groups in total. The van der Waals surface area contributed by atoms with E-state index in [2.05, 4.69) is 0 Å². The summed E-state index contributed by atoms with van der Waals surface area (Å²) in [6.45, 7) is 0.